The van der Waals surface area contributed by atoms with Crippen LogP contribution in [0.25, 0.3) is 0 Å². The monoisotopic (exact) mass is 421 g/mol. The van der Waals surface area contributed by atoms with Gasteiger partial charge in [-0.25, -0.2) is 4.79 Å². The van der Waals surface area contributed by atoms with Gasteiger partial charge in [0.1, 0.15) is 12.6 Å². The van der Waals surface area contributed by atoms with Gasteiger partial charge in [0.15, 0.2) is 11.5 Å². The van der Waals surface area contributed by atoms with Crippen LogP contribution < -0.4 is 14.8 Å². The number of hydrogen-bond acceptors (Lipinski definition) is 8. The SMILES string of the molecule is CCOc1ccc(C2C(C(=O)OCc3ccccc3)=C(C)Nc3nnnn32)cc1OC. The zero-order valence-electron chi connectivity index (χ0n) is 17.5. The van der Waals surface area contributed by atoms with Gasteiger partial charge in [-0.3, -0.25) is 0 Å². The van der Waals surface area contributed by atoms with Gasteiger partial charge in [0, 0.05) is 5.70 Å². The van der Waals surface area contributed by atoms with E-state index in [1.807, 2.05) is 55.5 Å². The second kappa shape index (κ2) is 8.86. The van der Waals surface area contributed by atoms with Crippen LogP contribution in [-0.2, 0) is 16.1 Å². The number of carbonyl (C=O) groups excluding carboxylic acids is 1. The first-order chi connectivity index (χ1) is 15.1. The van der Waals surface area contributed by atoms with E-state index in [1.165, 1.54) is 0 Å². The molecule has 1 aliphatic rings. The highest BCUT2D eigenvalue weighted by molar-refractivity contribution is 5.92. The zero-order chi connectivity index (χ0) is 21.8. The van der Waals surface area contributed by atoms with E-state index < -0.39 is 12.0 Å². The molecule has 160 valence electrons. The number of aromatic nitrogens is 4. The van der Waals surface area contributed by atoms with Gasteiger partial charge in [0.05, 0.1) is 19.3 Å². The summed E-state index contributed by atoms with van der Waals surface area (Å²) >= 11 is 0. The summed E-state index contributed by atoms with van der Waals surface area (Å²) in [5.74, 6) is 1.17. The Morgan fingerprint density at radius 2 is 1.97 bits per heavy atom. The molecule has 2 aromatic carbocycles. The molecule has 0 saturated heterocycles. The van der Waals surface area contributed by atoms with Crippen LogP contribution in [0.4, 0.5) is 5.95 Å². The van der Waals surface area contributed by atoms with Crippen molar-refractivity contribution in [2.75, 3.05) is 19.0 Å². The molecule has 31 heavy (non-hydrogen) atoms. The quantitative estimate of drug-likeness (QED) is 0.581. The highest BCUT2D eigenvalue weighted by atomic mass is 16.5. The Morgan fingerprint density at radius 3 is 2.71 bits per heavy atom. The van der Waals surface area contributed by atoms with E-state index in [4.69, 9.17) is 14.2 Å². The van der Waals surface area contributed by atoms with Crippen molar-refractivity contribution in [1.29, 1.82) is 0 Å². The van der Waals surface area contributed by atoms with Crippen molar-refractivity contribution in [3.8, 4) is 11.5 Å². The number of tetrazole rings is 1. The molecular formula is C22H23N5O4. The van der Waals surface area contributed by atoms with Gasteiger partial charge in [0.2, 0.25) is 5.95 Å². The van der Waals surface area contributed by atoms with Gasteiger partial charge in [-0.1, -0.05) is 41.5 Å². The highest BCUT2D eigenvalue weighted by Gasteiger charge is 2.35. The topological polar surface area (TPSA) is 100 Å². The molecule has 1 atom stereocenters. The van der Waals surface area contributed by atoms with E-state index >= 15 is 0 Å². The molecule has 1 N–H and O–H groups in total. The number of carbonyl (C=O) groups is 1. The van der Waals surface area contributed by atoms with Crippen LogP contribution in [0.5, 0.6) is 11.5 Å². The standard InChI is InChI=1S/C22H23N5O4/c1-4-30-17-11-10-16(12-18(17)29-3)20-19(14(2)23-22-24-25-26-27(20)22)21(28)31-13-15-8-6-5-7-9-15/h5-12,20H,4,13H2,1-3H3,(H,23,24,26). The molecule has 0 aliphatic carbocycles. The van der Waals surface area contributed by atoms with Gasteiger partial charge in [-0.15, -0.1) is 0 Å². The van der Waals surface area contributed by atoms with Crippen molar-refractivity contribution in [2.45, 2.75) is 26.5 Å². The lowest BCUT2D eigenvalue weighted by molar-refractivity contribution is -0.140. The van der Waals surface area contributed by atoms with Crippen LogP contribution >= 0.6 is 0 Å². The third kappa shape index (κ3) is 4.07. The van der Waals surface area contributed by atoms with Gasteiger partial charge < -0.3 is 19.5 Å². The maximum Gasteiger partial charge on any atom is 0.338 e. The summed E-state index contributed by atoms with van der Waals surface area (Å²) in [7, 11) is 1.57. The zero-order valence-corrected chi connectivity index (χ0v) is 17.5. The number of nitrogens with zero attached hydrogens (tertiary/aromatic N) is 4. The molecule has 9 heteroatoms. The van der Waals surface area contributed by atoms with Crippen LogP contribution in [0.15, 0.2) is 59.8 Å². The van der Waals surface area contributed by atoms with Crippen molar-refractivity contribution in [2.24, 2.45) is 0 Å². The van der Waals surface area contributed by atoms with Crippen LogP contribution in [0.2, 0.25) is 0 Å². The molecule has 9 nitrogen and oxygen atoms in total. The first-order valence-corrected chi connectivity index (χ1v) is 9.89. The van der Waals surface area contributed by atoms with E-state index in [0.717, 1.165) is 11.1 Å². The molecule has 3 aromatic rings. The second-order valence-corrected chi connectivity index (χ2v) is 6.92. The van der Waals surface area contributed by atoms with Crippen molar-refractivity contribution in [3.05, 3.63) is 70.9 Å². The molecule has 1 unspecified atom stereocenters. The van der Waals surface area contributed by atoms with Crippen molar-refractivity contribution in [3.63, 3.8) is 0 Å². The fourth-order valence-corrected chi connectivity index (χ4v) is 3.51. The predicted octanol–water partition coefficient (Wildman–Crippen LogP) is 3.11. The molecular weight excluding hydrogens is 398 g/mol. The Bertz CT molecular complexity index is 1110. The summed E-state index contributed by atoms with van der Waals surface area (Å²) in [5, 5.41) is 14.9. The van der Waals surface area contributed by atoms with E-state index in [9.17, 15) is 4.79 Å². The van der Waals surface area contributed by atoms with E-state index in [-0.39, 0.29) is 6.61 Å². The molecule has 1 aromatic heterocycles. The number of methoxy groups -OCH3 is 1. The second-order valence-electron chi connectivity index (χ2n) is 6.92. The summed E-state index contributed by atoms with van der Waals surface area (Å²) in [4.78, 5) is 13.2. The minimum absolute atomic E-state index is 0.165. The largest absolute Gasteiger partial charge is 0.493 e. The molecule has 1 aliphatic heterocycles. The number of benzene rings is 2. The maximum absolute atomic E-state index is 13.2. The molecule has 2 heterocycles. The first-order valence-electron chi connectivity index (χ1n) is 9.89. The average molecular weight is 421 g/mol. The van der Waals surface area contributed by atoms with Crippen LogP contribution in [-0.4, -0.2) is 39.9 Å². The lowest BCUT2D eigenvalue weighted by Crippen LogP contribution is -2.29. The lowest BCUT2D eigenvalue weighted by atomic mass is 9.95. The molecule has 0 saturated carbocycles. The Kier molecular flexibility index (Phi) is 5.83. The lowest BCUT2D eigenvalue weighted by Gasteiger charge is -2.27. The summed E-state index contributed by atoms with van der Waals surface area (Å²) in [6, 6.07) is 14.4. The molecule has 4 rings (SSSR count). The molecule has 0 radical (unpaired) electrons. The minimum atomic E-state index is -0.584. The molecule has 0 spiro atoms. The summed E-state index contributed by atoms with van der Waals surface area (Å²) in [5.41, 5.74) is 2.71. The van der Waals surface area contributed by atoms with E-state index in [2.05, 4.69) is 20.8 Å². The number of anilines is 1. The average Bonchev–Trinajstić information content (AvgIpc) is 3.25. The summed E-state index contributed by atoms with van der Waals surface area (Å²) < 4.78 is 18.3. The van der Waals surface area contributed by atoms with E-state index in [1.54, 1.807) is 18.7 Å². The number of fused-ring (bicyclic) bond motifs is 1. The third-order valence-corrected chi connectivity index (χ3v) is 4.95. The molecule has 0 fully saturated rings. The minimum Gasteiger partial charge on any atom is -0.493 e. The van der Waals surface area contributed by atoms with Crippen molar-refractivity contribution < 1.29 is 19.0 Å². The Labute approximate surface area is 179 Å². The number of esters is 1. The van der Waals surface area contributed by atoms with Crippen LogP contribution in [0, 0.1) is 0 Å². The number of rotatable bonds is 7. The summed E-state index contributed by atoms with van der Waals surface area (Å²) in [6.45, 7) is 4.38. The highest BCUT2D eigenvalue weighted by Crippen LogP contribution is 2.38. The summed E-state index contributed by atoms with van der Waals surface area (Å²) in [6.07, 6.45) is 0. The number of allylic oxidation sites excluding steroid dienone is 1. The Balaban J connectivity index is 1.70. The third-order valence-electron chi connectivity index (χ3n) is 4.95. The van der Waals surface area contributed by atoms with E-state index in [0.29, 0.717) is 35.3 Å². The number of hydrogen-bond donors (Lipinski definition) is 1. The molecule has 0 bridgehead atoms. The van der Waals surface area contributed by atoms with Crippen LogP contribution in [0.1, 0.15) is 31.0 Å². The smallest absolute Gasteiger partial charge is 0.338 e. The maximum atomic E-state index is 13.2. The predicted molar refractivity (Wildman–Crippen MR) is 113 cm³/mol. The fourth-order valence-electron chi connectivity index (χ4n) is 3.51. The Hall–Kier alpha value is -3.88. The van der Waals surface area contributed by atoms with Gasteiger partial charge in [0.25, 0.3) is 0 Å². The Morgan fingerprint density at radius 1 is 1.16 bits per heavy atom. The van der Waals surface area contributed by atoms with Gasteiger partial charge >= 0.3 is 5.97 Å². The molecule has 0 amide bonds. The van der Waals surface area contributed by atoms with Gasteiger partial charge in [-0.2, -0.15) is 4.68 Å². The number of nitrogens with one attached hydrogen (secondary N) is 1. The van der Waals surface area contributed by atoms with Crippen molar-refractivity contribution in [1.82, 2.24) is 20.2 Å². The fraction of sp³-hybridized carbons (Fsp3) is 0.273. The first kappa shape index (κ1) is 20.4. The number of ether oxygens (including phenoxy) is 3. The van der Waals surface area contributed by atoms with Gasteiger partial charge in [-0.05, 0) is 47.5 Å². The normalized spacial score (nSPS) is 15.1. The van der Waals surface area contributed by atoms with Crippen molar-refractivity contribution >= 4 is 11.9 Å². The van der Waals surface area contributed by atoms with Crippen LogP contribution in [0.3, 0.4) is 0 Å².